The van der Waals surface area contributed by atoms with E-state index in [2.05, 4.69) is 10.6 Å². The van der Waals surface area contributed by atoms with Crippen molar-refractivity contribution in [3.63, 3.8) is 0 Å². The van der Waals surface area contributed by atoms with Crippen LogP contribution in [0.25, 0.3) is 0 Å². The number of benzene rings is 1. The Kier molecular flexibility index (Phi) is 5.41. The molecular formula is C19H28N4O3. The van der Waals surface area contributed by atoms with E-state index in [0.29, 0.717) is 24.2 Å². The third kappa shape index (κ3) is 4.40. The normalized spacial score (nSPS) is 18.9. The standard InChI is InChI=1S/C19H28N4O3/c1-12(24)21-14-6-8-15(9-7-14)22-16(25)17(26)23-18(2,3)10-13(20)11-19(23,4)5/h6-9,13H,10-11,20H2,1-5H3,(H,21,24)(H,22,25). The second-order valence-electron chi connectivity index (χ2n) is 8.15. The molecule has 0 aromatic heterocycles. The van der Waals surface area contributed by atoms with Crippen molar-refractivity contribution < 1.29 is 14.4 Å². The van der Waals surface area contributed by atoms with Crippen LogP contribution in [0.15, 0.2) is 24.3 Å². The summed E-state index contributed by atoms with van der Waals surface area (Å²) < 4.78 is 0. The van der Waals surface area contributed by atoms with Crippen LogP contribution in [0.5, 0.6) is 0 Å². The number of anilines is 2. The first-order valence-electron chi connectivity index (χ1n) is 8.71. The summed E-state index contributed by atoms with van der Waals surface area (Å²) in [5.74, 6) is -1.43. The van der Waals surface area contributed by atoms with Crippen LogP contribution >= 0.6 is 0 Å². The van der Waals surface area contributed by atoms with Gasteiger partial charge in [0.15, 0.2) is 0 Å². The molecule has 7 heteroatoms. The summed E-state index contributed by atoms with van der Waals surface area (Å²) in [6, 6.07) is 6.59. The van der Waals surface area contributed by atoms with Crippen LogP contribution in [0.1, 0.15) is 47.5 Å². The van der Waals surface area contributed by atoms with E-state index in [1.54, 1.807) is 29.2 Å². The highest BCUT2D eigenvalue weighted by Gasteiger charge is 2.48. The second-order valence-corrected chi connectivity index (χ2v) is 8.15. The second kappa shape index (κ2) is 7.07. The van der Waals surface area contributed by atoms with Crippen LogP contribution in [-0.2, 0) is 14.4 Å². The number of rotatable bonds is 2. The van der Waals surface area contributed by atoms with E-state index in [1.807, 2.05) is 27.7 Å². The van der Waals surface area contributed by atoms with Gasteiger partial charge in [-0.15, -0.1) is 0 Å². The third-order valence-corrected chi connectivity index (χ3v) is 4.59. The fourth-order valence-electron chi connectivity index (χ4n) is 4.03. The number of nitrogens with zero attached hydrogens (tertiary/aromatic N) is 1. The lowest BCUT2D eigenvalue weighted by molar-refractivity contribution is -0.156. The van der Waals surface area contributed by atoms with E-state index in [9.17, 15) is 14.4 Å². The zero-order chi connectivity index (χ0) is 19.7. The molecule has 1 aliphatic rings. The predicted molar refractivity (Wildman–Crippen MR) is 102 cm³/mol. The van der Waals surface area contributed by atoms with Crippen LogP contribution in [0.4, 0.5) is 11.4 Å². The summed E-state index contributed by atoms with van der Waals surface area (Å²) in [6.45, 7) is 9.15. The first kappa shape index (κ1) is 19.9. The Morgan fingerprint density at radius 3 is 1.81 bits per heavy atom. The lowest BCUT2D eigenvalue weighted by Crippen LogP contribution is -2.66. The first-order valence-corrected chi connectivity index (χ1v) is 8.71. The molecule has 4 N–H and O–H groups in total. The highest BCUT2D eigenvalue weighted by atomic mass is 16.2. The molecule has 0 spiro atoms. The van der Waals surface area contributed by atoms with E-state index in [0.717, 1.165) is 0 Å². The fourth-order valence-corrected chi connectivity index (χ4v) is 4.03. The number of nitrogens with two attached hydrogens (primary N) is 1. The van der Waals surface area contributed by atoms with Gasteiger partial charge in [0, 0.05) is 35.4 Å². The van der Waals surface area contributed by atoms with Crippen LogP contribution in [-0.4, -0.2) is 39.7 Å². The zero-order valence-corrected chi connectivity index (χ0v) is 16.1. The third-order valence-electron chi connectivity index (χ3n) is 4.59. The highest BCUT2D eigenvalue weighted by molar-refractivity contribution is 6.39. The quantitative estimate of drug-likeness (QED) is 0.702. The molecule has 142 valence electrons. The number of carbonyl (C=O) groups excluding carboxylic acids is 3. The first-order chi connectivity index (χ1) is 11.9. The Balaban J connectivity index is 2.13. The van der Waals surface area contributed by atoms with Crippen molar-refractivity contribution in [2.75, 3.05) is 10.6 Å². The molecule has 0 atom stereocenters. The summed E-state index contributed by atoms with van der Waals surface area (Å²) in [5.41, 5.74) is 6.22. The maximum atomic E-state index is 12.9. The molecule has 2 rings (SSSR count). The molecule has 0 bridgehead atoms. The van der Waals surface area contributed by atoms with E-state index >= 15 is 0 Å². The molecule has 0 radical (unpaired) electrons. The van der Waals surface area contributed by atoms with Crippen molar-refractivity contribution in [1.29, 1.82) is 0 Å². The molecule has 1 aromatic carbocycles. The van der Waals surface area contributed by atoms with Gasteiger partial charge in [0.25, 0.3) is 0 Å². The molecule has 7 nitrogen and oxygen atoms in total. The number of carbonyl (C=O) groups is 3. The van der Waals surface area contributed by atoms with Crippen molar-refractivity contribution in [2.45, 2.75) is 64.6 Å². The molecule has 3 amide bonds. The Morgan fingerprint density at radius 1 is 0.962 bits per heavy atom. The highest BCUT2D eigenvalue weighted by Crippen LogP contribution is 2.37. The maximum absolute atomic E-state index is 12.9. The maximum Gasteiger partial charge on any atom is 0.313 e. The topological polar surface area (TPSA) is 105 Å². The zero-order valence-electron chi connectivity index (χ0n) is 16.1. The van der Waals surface area contributed by atoms with Crippen molar-refractivity contribution in [1.82, 2.24) is 4.90 Å². The van der Waals surface area contributed by atoms with E-state index < -0.39 is 22.9 Å². The number of piperidine rings is 1. The number of nitrogens with one attached hydrogen (secondary N) is 2. The molecule has 1 aromatic rings. The van der Waals surface area contributed by atoms with Crippen molar-refractivity contribution >= 4 is 29.1 Å². The largest absolute Gasteiger partial charge is 0.328 e. The van der Waals surface area contributed by atoms with Crippen molar-refractivity contribution in [2.24, 2.45) is 5.73 Å². The molecule has 1 fully saturated rings. The molecule has 1 heterocycles. The average molecular weight is 360 g/mol. The van der Waals surface area contributed by atoms with Gasteiger partial charge in [-0.2, -0.15) is 0 Å². The number of hydrogen-bond acceptors (Lipinski definition) is 4. The number of likely N-dealkylation sites (tertiary alicyclic amines) is 1. The number of amides is 3. The molecule has 0 unspecified atom stereocenters. The minimum atomic E-state index is -0.686. The van der Waals surface area contributed by atoms with Gasteiger partial charge in [0.2, 0.25) is 5.91 Å². The van der Waals surface area contributed by atoms with Gasteiger partial charge >= 0.3 is 11.8 Å². The van der Waals surface area contributed by atoms with Crippen LogP contribution < -0.4 is 16.4 Å². The van der Waals surface area contributed by atoms with Gasteiger partial charge in [-0.05, 0) is 64.8 Å². The van der Waals surface area contributed by atoms with E-state index in [1.165, 1.54) is 6.92 Å². The molecule has 26 heavy (non-hydrogen) atoms. The summed E-state index contributed by atoms with van der Waals surface area (Å²) in [5, 5.41) is 5.28. The minimum absolute atomic E-state index is 0.00608. The molecule has 0 aliphatic carbocycles. The van der Waals surface area contributed by atoms with Crippen LogP contribution in [0.2, 0.25) is 0 Å². The fraction of sp³-hybridized carbons (Fsp3) is 0.526. The van der Waals surface area contributed by atoms with Gasteiger partial charge in [0.1, 0.15) is 0 Å². The lowest BCUT2D eigenvalue weighted by atomic mass is 9.77. The molecule has 1 aliphatic heterocycles. The Morgan fingerprint density at radius 2 is 1.38 bits per heavy atom. The summed E-state index contributed by atoms with van der Waals surface area (Å²) >= 11 is 0. The Bertz CT molecular complexity index is 692. The van der Waals surface area contributed by atoms with Crippen LogP contribution in [0.3, 0.4) is 0 Å². The van der Waals surface area contributed by atoms with E-state index in [-0.39, 0.29) is 11.9 Å². The SMILES string of the molecule is CC(=O)Nc1ccc(NC(=O)C(=O)N2C(C)(C)CC(N)CC2(C)C)cc1. The minimum Gasteiger partial charge on any atom is -0.328 e. The lowest BCUT2D eigenvalue weighted by Gasteiger charge is -2.54. The van der Waals surface area contributed by atoms with Gasteiger partial charge in [-0.25, -0.2) is 0 Å². The van der Waals surface area contributed by atoms with Crippen molar-refractivity contribution in [3.8, 4) is 0 Å². The van der Waals surface area contributed by atoms with Gasteiger partial charge in [0.05, 0.1) is 0 Å². The average Bonchev–Trinajstić information content (AvgIpc) is 2.45. The Hall–Kier alpha value is -2.41. The molecule has 0 saturated carbocycles. The van der Waals surface area contributed by atoms with E-state index in [4.69, 9.17) is 5.73 Å². The monoisotopic (exact) mass is 360 g/mol. The van der Waals surface area contributed by atoms with Crippen LogP contribution in [0, 0.1) is 0 Å². The smallest absolute Gasteiger partial charge is 0.313 e. The Labute approximate surface area is 154 Å². The summed E-state index contributed by atoms with van der Waals surface area (Å²) in [4.78, 5) is 38.1. The molecular weight excluding hydrogens is 332 g/mol. The summed E-state index contributed by atoms with van der Waals surface area (Å²) in [7, 11) is 0. The molecule has 1 saturated heterocycles. The predicted octanol–water partition coefficient (Wildman–Crippen LogP) is 2.09. The van der Waals surface area contributed by atoms with Gasteiger partial charge < -0.3 is 21.3 Å². The summed E-state index contributed by atoms with van der Waals surface area (Å²) in [6.07, 6.45) is 1.28. The van der Waals surface area contributed by atoms with Crippen molar-refractivity contribution in [3.05, 3.63) is 24.3 Å². The number of hydrogen-bond donors (Lipinski definition) is 3. The van der Waals surface area contributed by atoms with Gasteiger partial charge in [-0.3, -0.25) is 14.4 Å². The van der Waals surface area contributed by atoms with Gasteiger partial charge in [-0.1, -0.05) is 0 Å².